The molecule has 1 aromatic carbocycles. The normalized spacial score (nSPS) is 25.2. The van der Waals surface area contributed by atoms with Gasteiger partial charge in [0.1, 0.15) is 6.29 Å². The average molecular weight is 223 g/mol. The van der Waals surface area contributed by atoms with Crippen molar-refractivity contribution in [3.05, 3.63) is 35.9 Å². The van der Waals surface area contributed by atoms with Gasteiger partial charge in [-0.1, -0.05) is 30.3 Å². The topological polar surface area (TPSA) is 53.2 Å². The largest absolute Gasteiger partial charge is 0.328 e. The van der Waals surface area contributed by atoms with Crippen LogP contribution in [0.4, 0.5) is 4.39 Å². The minimum atomic E-state index is -1.28. The monoisotopic (exact) mass is 223 g/mol. The molecule has 1 amide bonds. The van der Waals surface area contributed by atoms with Gasteiger partial charge in [-0.15, -0.1) is 0 Å². The van der Waals surface area contributed by atoms with Crippen LogP contribution in [0.15, 0.2) is 30.3 Å². The lowest BCUT2D eigenvalue weighted by atomic mass is 10.2. The highest BCUT2D eigenvalue weighted by molar-refractivity contribution is 5.77. The molecule has 2 unspecified atom stereocenters. The molecule has 0 radical (unpaired) electrons. The molecule has 2 atom stereocenters. The van der Waals surface area contributed by atoms with Crippen LogP contribution in [0.2, 0.25) is 0 Å². The van der Waals surface area contributed by atoms with Crippen molar-refractivity contribution in [1.29, 1.82) is 0 Å². The summed E-state index contributed by atoms with van der Waals surface area (Å²) in [5, 5.41) is 8.24. The second-order valence-electron chi connectivity index (χ2n) is 3.71. The Bertz CT molecular complexity index is 358. The molecule has 0 aliphatic carbocycles. The van der Waals surface area contributed by atoms with E-state index in [0.717, 1.165) is 5.56 Å². The molecule has 0 saturated carbocycles. The Kier molecular flexibility index (Phi) is 3.48. The van der Waals surface area contributed by atoms with E-state index in [1.807, 2.05) is 30.3 Å². The van der Waals surface area contributed by atoms with Crippen molar-refractivity contribution in [2.75, 3.05) is 0 Å². The lowest BCUT2D eigenvalue weighted by Gasteiger charge is -2.28. The molecular weight excluding hydrogens is 209 g/mol. The molecular formula is C11H14FN3O. The maximum atomic E-state index is 13.0. The minimum absolute atomic E-state index is 0.122. The molecule has 86 valence electrons. The number of amides is 1. The van der Waals surface area contributed by atoms with E-state index in [2.05, 4.69) is 16.0 Å². The fraction of sp³-hybridized carbons (Fsp3) is 0.364. The van der Waals surface area contributed by atoms with Crippen LogP contribution in [-0.4, -0.2) is 18.5 Å². The Labute approximate surface area is 93.2 Å². The van der Waals surface area contributed by atoms with Crippen LogP contribution in [0, 0.1) is 0 Å². The van der Waals surface area contributed by atoms with Crippen LogP contribution in [0.25, 0.3) is 0 Å². The molecule has 3 N–H and O–H groups in total. The van der Waals surface area contributed by atoms with Crippen LogP contribution in [0.5, 0.6) is 0 Å². The maximum Gasteiger partial charge on any atom is 0.226 e. The zero-order valence-corrected chi connectivity index (χ0v) is 8.74. The third-order valence-electron chi connectivity index (χ3n) is 2.37. The summed E-state index contributed by atoms with van der Waals surface area (Å²) >= 11 is 0. The van der Waals surface area contributed by atoms with E-state index in [1.54, 1.807) is 0 Å². The summed E-state index contributed by atoms with van der Waals surface area (Å²) in [6.07, 6.45) is -1.90. The molecule has 1 aliphatic heterocycles. The number of rotatable bonds is 3. The number of hydrogen-bond donors (Lipinski definition) is 3. The van der Waals surface area contributed by atoms with Crippen LogP contribution < -0.4 is 16.0 Å². The van der Waals surface area contributed by atoms with Crippen LogP contribution in [0.1, 0.15) is 12.0 Å². The van der Waals surface area contributed by atoms with Crippen LogP contribution in [-0.2, 0) is 11.3 Å². The summed E-state index contributed by atoms with van der Waals surface area (Å²) in [6.45, 7) is 0.575. The van der Waals surface area contributed by atoms with Gasteiger partial charge in [-0.3, -0.25) is 15.4 Å². The average Bonchev–Trinajstić information content (AvgIpc) is 2.27. The van der Waals surface area contributed by atoms with E-state index in [4.69, 9.17) is 0 Å². The second-order valence-corrected chi connectivity index (χ2v) is 3.71. The first-order valence-electron chi connectivity index (χ1n) is 5.21. The van der Waals surface area contributed by atoms with E-state index in [9.17, 15) is 9.18 Å². The number of nitrogens with one attached hydrogen (secondary N) is 3. The zero-order chi connectivity index (χ0) is 11.4. The first-order chi connectivity index (χ1) is 7.74. The van der Waals surface area contributed by atoms with Gasteiger partial charge < -0.3 is 5.32 Å². The SMILES string of the molecule is O=C1CC(F)NC(NCc2ccccc2)N1. The van der Waals surface area contributed by atoms with E-state index >= 15 is 0 Å². The van der Waals surface area contributed by atoms with Crippen molar-refractivity contribution in [2.45, 2.75) is 25.6 Å². The third kappa shape index (κ3) is 3.01. The van der Waals surface area contributed by atoms with Gasteiger partial charge in [-0.25, -0.2) is 4.39 Å². The Morgan fingerprint density at radius 1 is 1.38 bits per heavy atom. The van der Waals surface area contributed by atoms with Gasteiger partial charge in [-0.05, 0) is 5.56 Å². The fourth-order valence-electron chi connectivity index (χ4n) is 1.59. The summed E-state index contributed by atoms with van der Waals surface area (Å²) < 4.78 is 13.0. The predicted octanol–water partition coefficient (Wildman–Crippen LogP) is 0.465. The molecule has 4 nitrogen and oxygen atoms in total. The van der Waals surface area contributed by atoms with Gasteiger partial charge >= 0.3 is 0 Å². The van der Waals surface area contributed by atoms with Crippen molar-refractivity contribution in [3.63, 3.8) is 0 Å². The summed E-state index contributed by atoms with van der Waals surface area (Å²) in [5.41, 5.74) is 1.08. The molecule has 0 bridgehead atoms. The molecule has 0 spiro atoms. The Morgan fingerprint density at radius 2 is 2.12 bits per heavy atom. The number of hydrogen-bond acceptors (Lipinski definition) is 3. The van der Waals surface area contributed by atoms with Crippen LogP contribution >= 0.6 is 0 Å². The Morgan fingerprint density at radius 3 is 2.81 bits per heavy atom. The molecule has 16 heavy (non-hydrogen) atoms. The van der Waals surface area contributed by atoms with Crippen molar-refractivity contribution >= 4 is 5.91 Å². The fourth-order valence-corrected chi connectivity index (χ4v) is 1.59. The van der Waals surface area contributed by atoms with Crippen molar-refractivity contribution in [1.82, 2.24) is 16.0 Å². The van der Waals surface area contributed by atoms with Gasteiger partial charge in [0.05, 0.1) is 6.42 Å². The molecule has 5 heteroatoms. The molecule has 2 rings (SSSR count). The van der Waals surface area contributed by atoms with Crippen LogP contribution in [0.3, 0.4) is 0 Å². The smallest absolute Gasteiger partial charge is 0.226 e. The van der Waals surface area contributed by atoms with E-state index in [-0.39, 0.29) is 12.3 Å². The van der Waals surface area contributed by atoms with E-state index in [0.29, 0.717) is 6.54 Å². The van der Waals surface area contributed by atoms with E-state index < -0.39 is 12.6 Å². The summed E-state index contributed by atoms with van der Waals surface area (Å²) in [5.74, 6) is -0.281. The molecule has 1 aliphatic rings. The highest BCUT2D eigenvalue weighted by Gasteiger charge is 2.24. The van der Waals surface area contributed by atoms with E-state index in [1.165, 1.54) is 0 Å². The molecule has 1 aromatic rings. The van der Waals surface area contributed by atoms with Gasteiger partial charge in [0.2, 0.25) is 5.91 Å². The highest BCUT2D eigenvalue weighted by Crippen LogP contribution is 2.02. The molecule has 1 fully saturated rings. The molecule has 1 saturated heterocycles. The number of alkyl halides is 1. The molecule has 0 aromatic heterocycles. The second kappa shape index (κ2) is 5.05. The van der Waals surface area contributed by atoms with Crippen molar-refractivity contribution in [3.8, 4) is 0 Å². The molecule has 1 heterocycles. The van der Waals surface area contributed by atoms with Crippen molar-refractivity contribution < 1.29 is 9.18 Å². The van der Waals surface area contributed by atoms with Gasteiger partial charge in [0.25, 0.3) is 0 Å². The van der Waals surface area contributed by atoms with Gasteiger partial charge in [-0.2, -0.15) is 0 Å². The van der Waals surface area contributed by atoms with Crippen molar-refractivity contribution in [2.24, 2.45) is 0 Å². The number of halogens is 1. The summed E-state index contributed by atoms with van der Waals surface area (Å²) in [4.78, 5) is 11.1. The Hall–Kier alpha value is -1.46. The first kappa shape index (κ1) is 11.0. The lowest BCUT2D eigenvalue weighted by Crippen LogP contribution is -2.61. The number of carbonyl (C=O) groups is 1. The number of benzene rings is 1. The lowest BCUT2D eigenvalue weighted by molar-refractivity contribution is -0.126. The third-order valence-corrected chi connectivity index (χ3v) is 2.37. The predicted molar refractivity (Wildman–Crippen MR) is 57.9 cm³/mol. The van der Waals surface area contributed by atoms with Gasteiger partial charge in [0.15, 0.2) is 6.30 Å². The maximum absolute atomic E-state index is 13.0. The highest BCUT2D eigenvalue weighted by atomic mass is 19.1. The Balaban J connectivity index is 1.84. The van der Waals surface area contributed by atoms with Gasteiger partial charge in [0, 0.05) is 6.54 Å². The first-order valence-corrected chi connectivity index (χ1v) is 5.21. The summed E-state index contributed by atoms with van der Waals surface area (Å²) in [6, 6.07) is 9.72. The standard InChI is InChI=1S/C11H14FN3O/c12-9-6-10(16)15-11(14-9)13-7-8-4-2-1-3-5-8/h1-5,9,11,13-14H,6-7H2,(H,15,16). The zero-order valence-electron chi connectivity index (χ0n) is 8.74. The minimum Gasteiger partial charge on any atom is -0.328 e. The summed E-state index contributed by atoms with van der Waals surface area (Å²) in [7, 11) is 0. The number of carbonyl (C=O) groups excluding carboxylic acids is 1. The quantitative estimate of drug-likeness (QED) is 0.653.